The van der Waals surface area contributed by atoms with Gasteiger partial charge in [0.25, 0.3) is 0 Å². The molecule has 1 heterocycles. The average Bonchev–Trinajstić information content (AvgIpc) is 2.37. The van der Waals surface area contributed by atoms with E-state index in [1.165, 1.54) is 0 Å². The highest BCUT2D eigenvalue weighted by atomic mass is 32.1. The Morgan fingerprint density at radius 1 is 1.40 bits per heavy atom. The molecule has 20 heavy (non-hydrogen) atoms. The van der Waals surface area contributed by atoms with Crippen molar-refractivity contribution in [2.75, 3.05) is 6.54 Å². The van der Waals surface area contributed by atoms with E-state index in [2.05, 4.69) is 5.32 Å². The predicted molar refractivity (Wildman–Crippen MR) is 82.5 cm³/mol. The van der Waals surface area contributed by atoms with Crippen molar-refractivity contribution < 1.29 is 9.53 Å². The SMILES string of the molecule is CC(C)Oc1ccc(CN2CC(C)C(=O)NC2=S)cc1. The first-order valence-corrected chi connectivity index (χ1v) is 7.22. The average molecular weight is 292 g/mol. The van der Waals surface area contributed by atoms with E-state index >= 15 is 0 Å². The van der Waals surface area contributed by atoms with Crippen LogP contribution in [0, 0.1) is 5.92 Å². The van der Waals surface area contributed by atoms with E-state index in [-0.39, 0.29) is 17.9 Å². The third kappa shape index (κ3) is 3.70. The van der Waals surface area contributed by atoms with E-state index in [1.807, 2.05) is 49.9 Å². The molecular weight excluding hydrogens is 272 g/mol. The van der Waals surface area contributed by atoms with E-state index < -0.39 is 0 Å². The van der Waals surface area contributed by atoms with Gasteiger partial charge in [-0.05, 0) is 43.8 Å². The largest absolute Gasteiger partial charge is 0.491 e. The Morgan fingerprint density at radius 2 is 2.05 bits per heavy atom. The lowest BCUT2D eigenvalue weighted by molar-refractivity contribution is -0.124. The Hall–Kier alpha value is -1.62. The van der Waals surface area contributed by atoms with Crippen molar-refractivity contribution in [1.82, 2.24) is 10.2 Å². The minimum atomic E-state index is -0.0368. The lowest BCUT2D eigenvalue weighted by atomic mass is 10.1. The summed E-state index contributed by atoms with van der Waals surface area (Å²) in [4.78, 5) is 13.5. The zero-order valence-corrected chi connectivity index (χ0v) is 12.9. The topological polar surface area (TPSA) is 41.6 Å². The second kappa shape index (κ2) is 6.22. The molecule has 0 spiro atoms. The molecule has 0 aromatic heterocycles. The highest BCUT2D eigenvalue weighted by Gasteiger charge is 2.26. The van der Waals surface area contributed by atoms with Gasteiger partial charge >= 0.3 is 0 Å². The number of amides is 1. The number of benzene rings is 1. The van der Waals surface area contributed by atoms with Gasteiger partial charge in [-0.15, -0.1) is 0 Å². The van der Waals surface area contributed by atoms with Gasteiger partial charge < -0.3 is 15.0 Å². The van der Waals surface area contributed by atoms with Crippen LogP contribution < -0.4 is 10.1 Å². The second-order valence-electron chi connectivity index (χ2n) is 5.39. The molecule has 5 heteroatoms. The van der Waals surface area contributed by atoms with Gasteiger partial charge in [-0.2, -0.15) is 0 Å². The van der Waals surface area contributed by atoms with Crippen molar-refractivity contribution in [3.05, 3.63) is 29.8 Å². The summed E-state index contributed by atoms with van der Waals surface area (Å²) in [5.41, 5.74) is 1.15. The summed E-state index contributed by atoms with van der Waals surface area (Å²) >= 11 is 5.21. The van der Waals surface area contributed by atoms with Crippen molar-refractivity contribution in [2.24, 2.45) is 5.92 Å². The standard InChI is InChI=1S/C15H20N2O2S/c1-10(2)19-13-6-4-12(5-7-13)9-17-8-11(3)14(18)16-15(17)20/h4-7,10-11H,8-9H2,1-3H3,(H,16,18,20). The van der Waals surface area contributed by atoms with E-state index in [4.69, 9.17) is 17.0 Å². The van der Waals surface area contributed by atoms with Crippen LogP contribution in [-0.4, -0.2) is 28.6 Å². The summed E-state index contributed by atoms with van der Waals surface area (Å²) in [6, 6.07) is 7.98. The van der Waals surface area contributed by atoms with Gasteiger partial charge in [-0.1, -0.05) is 19.1 Å². The van der Waals surface area contributed by atoms with Gasteiger partial charge in [0, 0.05) is 13.1 Å². The summed E-state index contributed by atoms with van der Waals surface area (Å²) in [6.07, 6.45) is 0.173. The molecule has 1 amide bonds. The third-order valence-corrected chi connectivity index (χ3v) is 3.49. The van der Waals surface area contributed by atoms with Crippen molar-refractivity contribution in [1.29, 1.82) is 0 Å². The zero-order chi connectivity index (χ0) is 14.7. The van der Waals surface area contributed by atoms with Gasteiger partial charge in [-0.25, -0.2) is 0 Å². The van der Waals surface area contributed by atoms with Crippen LogP contribution in [0.4, 0.5) is 0 Å². The smallest absolute Gasteiger partial charge is 0.230 e. The lowest BCUT2D eigenvalue weighted by Gasteiger charge is -2.32. The molecule has 1 fully saturated rings. The molecule has 1 aliphatic heterocycles. The Labute approximate surface area is 125 Å². The molecule has 1 aromatic rings. The first-order valence-electron chi connectivity index (χ1n) is 6.81. The number of rotatable bonds is 4. The van der Waals surface area contributed by atoms with Gasteiger partial charge in [0.1, 0.15) is 5.75 Å². The van der Waals surface area contributed by atoms with Crippen LogP contribution in [-0.2, 0) is 11.3 Å². The molecule has 0 bridgehead atoms. The first kappa shape index (κ1) is 14.8. The number of nitrogens with one attached hydrogen (secondary N) is 1. The number of hydrogen-bond acceptors (Lipinski definition) is 3. The maximum atomic E-state index is 11.5. The number of hydrogen-bond donors (Lipinski definition) is 1. The molecule has 0 saturated carbocycles. The molecule has 1 aromatic carbocycles. The van der Waals surface area contributed by atoms with E-state index in [0.717, 1.165) is 11.3 Å². The molecule has 1 saturated heterocycles. The van der Waals surface area contributed by atoms with Crippen LogP contribution in [0.1, 0.15) is 26.3 Å². The molecule has 0 radical (unpaired) electrons. The van der Waals surface area contributed by atoms with Gasteiger partial charge in [-0.3, -0.25) is 4.79 Å². The lowest BCUT2D eigenvalue weighted by Crippen LogP contribution is -2.53. The zero-order valence-electron chi connectivity index (χ0n) is 12.1. The van der Waals surface area contributed by atoms with E-state index in [9.17, 15) is 4.79 Å². The molecule has 108 valence electrons. The molecular formula is C15H20N2O2S. The van der Waals surface area contributed by atoms with Crippen molar-refractivity contribution in [3.63, 3.8) is 0 Å². The number of carbonyl (C=O) groups is 1. The van der Waals surface area contributed by atoms with Crippen molar-refractivity contribution in [3.8, 4) is 5.75 Å². The molecule has 2 rings (SSSR count). The number of carbonyl (C=O) groups excluding carboxylic acids is 1. The van der Waals surface area contributed by atoms with Crippen molar-refractivity contribution >= 4 is 23.2 Å². The highest BCUT2D eigenvalue weighted by Crippen LogP contribution is 2.17. The van der Waals surface area contributed by atoms with Gasteiger partial charge in [0.05, 0.1) is 12.0 Å². The van der Waals surface area contributed by atoms with E-state index in [0.29, 0.717) is 18.2 Å². The van der Waals surface area contributed by atoms with Crippen LogP contribution >= 0.6 is 12.2 Å². The summed E-state index contributed by atoms with van der Waals surface area (Å²) in [5, 5.41) is 3.24. The predicted octanol–water partition coefficient (Wildman–Crippen LogP) is 2.33. The minimum Gasteiger partial charge on any atom is -0.491 e. The fourth-order valence-corrected chi connectivity index (χ4v) is 2.35. The van der Waals surface area contributed by atoms with Gasteiger partial charge in [0.15, 0.2) is 5.11 Å². The number of nitrogens with zero attached hydrogens (tertiary/aromatic N) is 1. The van der Waals surface area contributed by atoms with Crippen LogP contribution in [0.3, 0.4) is 0 Å². The van der Waals surface area contributed by atoms with Crippen LogP contribution in [0.25, 0.3) is 0 Å². The fourth-order valence-electron chi connectivity index (χ4n) is 2.11. The Bertz CT molecular complexity index is 499. The van der Waals surface area contributed by atoms with E-state index in [1.54, 1.807) is 0 Å². The third-order valence-electron chi connectivity index (χ3n) is 3.13. The highest BCUT2D eigenvalue weighted by molar-refractivity contribution is 7.80. The molecule has 0 aliphatic carbocycles. The summed E-state index contributed by atoms with van der Waals surface area (Å²) < 4.78 is 5.62. The summed E-state index contributed by atoms with van der Waals surface area (Å²) in [7, 11) is 0. The Morgan fingerprint density at radius 3 is 2.65 bits per heavy atom. The first-order chi connectivity index (χ1) is 9.45. The second-order valence-corrected chi connectivity index (χ2v) is 5.77. The number of thiocarbonyl (C=S) groups is 1. The molecule has 1 unspecified atom stereocenters. The summed E-state index contributed by atoms with van der Waals surface area (Å²) in [5.74, 6) is 0.837. The van der Waals surface area contributed by atoms with Crippen LogP contribution in [0.5, 0.6) is 5.75 Å². The summed E-state index contributed by atoms with van der Waals surface area (Å²) in [6.45, 7) is 7.28. The maximum absolute atomic E-state index is 11.5. The monoisotopic (exact) mass is 292 g/mol. The molecule has 1 atom stereocenters. The minimum absolute atomic E-state index is 0.00642. The molecule has 1 N–H and O–H groups in total. The van der Waals surface area contributed by atoms with Crippen LogP contribution in [0.2, 0.25) is 0 Å². The maximum Gasteiger partial charge on any atom is 0.230 e. The Balaban J connectivity index is 1.99. The quantitative estimate of drug-likeness (QED) is 0.865. The Kier molecular flexibility index (Phi) is 4.60. The van der Waals surface area contributed by atoms with Gasteiger partial charge in [0.2, 0.25) is 5.91 Å². The molecule has 1 aliphatic rings. The normalized spacial score (nSPS) is 19.2. The fraction of sp³-hybridized carbons (Fsp3) is 0.467. The molecule has 4 nitrogen and oxygen atoms in total. The van der Waals surface area contributed by atoms with Crippen molar-refractivity contribution in [2.45, 2.75) is 33.4 Å². The van der Waals surface area contributed by atoms with Crippen LogP contribution in [0.15, 0.2) is 24.3 Å². The number of ether oxygens (including phenoxy) is 1.